The molecule has 0 bridgehead atoms. The summed E-state index contributed by atoms with van der Waals surface area (Å²) in [6, 6.07) is 4.93. The molecule has 2 rings (SSSR count). The zero-order valence-electron chi connectivity index (χ0n) is 12.1. The van der Waals surface area contributed by atoms with E-state index >= 15 is 0 Å². The second kappa shape index (κ2) is 6.70. The highest BCUT2D eigenvalue weighted by molar-refractivity contribution is 5.73. The number of piperazine rings is 1. The van der Waals surface area contributed by atoms with E-state index in [-0.39, 0.29) is 11.7 Å². The van der Waals surface area contributed by atoms with E-state index in [9.17, 15) is 9.18 Å². The van der Waals surface area contributed by atoms with E-state index < -0.39 is 0 Å². The largest absolute Gasteiger partial charge is 0.493 e. The molecule has 1 aromatic rings. The summed E-state index contributed by atoms with van der Waals surface area (Å²) in [4.78, 5) is 15.3. The summed E-state index contributed by atoms with van der Waals surface area (Å²) >= 11 is 0. The van der Waals surface area contributed by atoms with Crippen LogP contribution >= 0.6 is 0 Å². The fraction of sp³-hybridized carbons (Fsp3) is 0.533. The third kappa shape index (κ3) is 3.48. The van der Waals surface area contributed by atoms with Gasteiger partial charge in [0.15, 0.2) is 0 Å². The van der Waals surface area contributed by atoms with Crippen molar-refractivity contribution >= 4 is 5.91 Å². The number of rotatable bonds is 4. The van der Waals surface area contributed by atoms with E-state index in [2.05, 4.69) is 4.90 Å². The molecular formula is C15H21FN2O2. The van der Waals surface area contributed by atoms with Gasteiger partial charge in [0.2, 0.25) is 5.91 Å². The van der Waals surface area contributed by atoms with Crippen LogP contribution in [0.5, 0.6) is 5.75 Å². The van der Waals surface area contributed by atoms with Crippen molar-refractivity contribution in [2.45, 2.75) is 20.4 Å². The number of hydrogen-bond acceptors (Lipinski definition) is 3. The normalized spacial score (nSPS) is 16.2. The summed E-state index contributed by atoms with van der Waals surface area (Å²) in [6.07, 6.45) is 0. The van der Waals surface area contributed by atoms with Crippen LogP contribution in [0.1, 0.15) is 19.4 Å². The standard InChI is InChI=1S/C15H21FN2O2/c1-3-20-15-6-4-5-14(16)13(15)11-17-7-9-18(10-8-17)12(2)19/h4-6H,3,7-11H2,1-2H3. The molecule has 110 valence electrons. The molecule has 1 saturated heterocycles. The van der Waals surface area contributed by atoms with Gasteiger partial charge < -0.3 is 9.64 Å². The lowest BCUT2D eigenvalue weighted by Crippen LogP contribution is -2.47. The molecule has 1 aliphatic heterocycles. The molecule has 0 radical (unpaired) electrons. The molecule has 0 spiro atoms. The summed E-state index contributed by atoms with van der Waals surface area (Å²) in [5.41, 5.74) is 0.602. The number of amides is 1. The third-order valence-electron chi connectivity index (χ3n) is 3.58. The quantitative estimate of drug-likeness (QED) is 0.844. The van der Waals surface area contributed by atoms with Crippen LogP contribution in [0.15, 0.2) is 18.2 Å². The molecule has 0 N–H and O–H groups in total. The molecule has 1 aliphatic rings. The van der Waals surface area contributed by atoms with Gasteiger partial charge in [-0.3, -0.25) is 9.69 Å². The van der Waals surface area contributed by atoms with Crippen molar-refractivity contribution in [3.63, 3.8) is 0 Å². The maximum Gasteiger partial charge on any atom is 0.219 e. The number of carbonyl (C=O) groups is 1. The second-order valence-corrected chi connectivity index (χ2v) is 4.93. The Balaban J connectivity index is 2.02. The lowest BCUT2D eigenvalue weighted by atomic mass is 10.1. The zero-order valence-corrected chi connectivity index (χ0v) is 12.1. The van der Waals surface area contributed by atoms with Crippen LogP contribution in [0.3, 0.4) is 0 Å². The van der Waals surface area contributed by atoms with Crippen molar-refractivity contribution in [3.8, 4) is 5.75 Å². The predicted molar refractivity (Wildman–Crippen MR) is 75.1 cm³/mol. The van der Waals surface area contributed by atoms with Gasteiger partial charge in [-0.05, 0) is 19.1 Å². The van der Waals surface area contributed by atoms with Crippen molar-refractivity contribution in [2.75, 3.05) is 32.8 Å². The van der Waals surface area contributed by atoms with Crippen molar-refractivity contribution in [3.05, 3.63) is 29.6 Å². The Kier molecular flexibility index (Phi) is 4.95. The Bertz CT molecular complexity index is 471. The SMILES string of the molecule is CCOc1cccc(F)c1CN1CCN(C(C)=O)CC1. The van der Waals surface area contributed by atoms with Crippen LogP contribution in [-0.4, -0.2) is 48.5 Å². The maximum absolute atomic E-state index is 14.0. The van der Waals surface area contributed by atoms with Crippen LogP contribution in [0.4, 0.5) is 4.39 Å². The van der Waals surface area contributed by atoms with E-state index in [1.165, 1.54) is 6.07 Å². The average molecular weight is 280 g/mol. The van der Waals surface area contributed by atoms with E-state index in [0.29, 0.717) is 37.6 Å². The van der Waals surface area contributed by atoms with Crippen LogP contribution in [0.25, 0.3) is 0 Å². The van der Waals surface area contributed by atoms with Crippen molar-refractivity contribution in [1.82, 2.24) is 9.80 Å². The Morgan fingerprint density at radius 3 is 2.60 bits per heavy atom. The molecule has 1 heterocycles. The van der Waals surface area contributed by atoms with Gasteiger partial charge in [0.25, 0.3) is 0 Å². The summed E-state index contributed by atoms with van der Waals surface area (Å²) in [6.45, 7) is 7.45. The molecule has 1 aromatic carbocycles. The molecule has 0 aromatic heterocycles. The molecule has 0 aliphatic carbocycles. The smallest absolute Gasteiger partial charge is 0.219 e. The number of hydrogen-bond donors (Lipinski definition) is 0. The van der Waals surface area contributed by atoms with E-state index in [1.807, 2.05) is 11.8 Å². The Labute approximate surface area is 119 Å². The first kappa shape index (κ1) is 14.8. The van der Waals surface area contributed by atoms with Gasteiger partial charge in [0.1, 0.15) is 11.6 Å². The molecular weight excluding hydrogens is 259 g/mol. The molecule has 1 amide bonds. The van der Waals surface area contributed by atoms with E-state index in [1.54, 1.807) is 19.1 Å². The maximum atomic E-state index is 14.0. The van der Waals surface area contributed by atoms with Crippen molar-refractivity contribution in [2.24, 2.45) is 0 Å². The monoisotopic (exact) mass is 280 g/mol. The molecule has 20 heavy (non-hydrogen) atoms. The minimum atomic E-state index is -0.232. The number of carbonyl (C=O) groups excluding carboxylic acids is 1. The molecule has 1 fully saturated rings. The molecule has 0 unspecified atom stereocenters. The van der Waals surface area contributed by atoms with Gasteiger partial charge in [-0.25, -0.2) is 4.39 Å². The number of ether oxygens (including phenoxy) is 1. The Morgan fingerprint density at radius 2 is 2.00 bits per heavy atom. The highest BCUT2D eigenvalue weighted by atomic mass is 19.1. The van der Waals surface area contributed by atoms with E-state index in [0.717, 1.165) is 13.1 Å². The molecule has 4 nitrogen and oxygen atoms in total. The fourth-order valence-corrected chi connectivity index (χ4v) is 2.43. The molecule has 5 heteroatoms. The average Bonchev–Trinajstić information content (AvgIpc) is 2.43. The number of halogens is 1. The summed E-state index contributed by atoms with van der Waals surface area (Å²) in [5.74, 6) is 0.483. The Morgan fingerprint density at radius 1 is 1.30 bits per heavy atom. The third-order valence-corrected chi connectivity index (χ3v) is 3.58. The first-order valence-electron chi connectivity index (χ1n) is 7.00. The lowest BCUT2D eigenvalue weighted by molar-refractivity contribution is -0.130. The van der Waals surface area contributed by atoms with Crippen LogP contribution < -0.4 is 4.74 Å². The minimum Gasteiger partial charge on any atom is -0.493 e. The van der Waals surface area contributed by atoms with Gasteiger partial charge in [0.05, 0.1) is 6.61 Å². The second-order valence-electron chi connectivity index (χ2n) is 4.93. The zero-order chi connectivity index (χ0) is 14.5. The van der Waals surface area contributed by atoms with E-state index in [4.69, 9.17) is 4.74 Å². The lowest BCUT2D eigenvalue weighted by Gasteiger charge is -2.34. The molecule has 0 saturated carbocycles. The first-order valence-corrected chi connectivity index (χ1v) is 7.00. The van der Waals surface area contributed by atoms with Gasteiger partial charge in [-0.2, -0.15) is 0 Å². The summed E-state index contributed by atoms with van der Waals surface area (Å²) < 4.78 is 19.4. The topological polar surface area (TPSA) is 32.8 Å². The van der Waals surface area contributed by atoms with Gasteiger partial charge in [-0.15, -0.1) is 0 Å². The van der Waals surface area contributed by atoms with Crippen LogP contribution in [0.2, 0.25) is 0 Å². The fourth-order valence-electron chi connectivity index (χ4n) is 2.43. The predicted octanol–water partition coefficient (Wildman–Crippen LogP) is 1.89. The summed E-state index contributed by atoms with van der Waals surface area (Å²) in [5, 5.41) is 0. The highest BCUT2D eigenvalue weighted by Gasteiger charge is 2.21. The number of nitrogens with zero attached hydrogens (tertiary/aromatic N) is 2. The van der Waals surface area contributed by atoms with Gasteiger partial charge in [-0.1, -0.05) is 6.07 Å². The van der Waals surface area contributed by atoms with Crippen LogP contribution in [0, 0.1) is 5.82 Å². The minimum absolute atomic E-state index is 0.102. The van der Waals surface area contributed by atoms with Crippen molar-refractivity contribution in [1.29, 1.82) is 0 Å². The van der Waals surface area contributed by atoms with Gasteiger partial charge >= 0.3 is 0 Å². The van der Waals surface area contributed by atoms with Gasteiger partial charge in [0, 0.05) is 45.2 Å². The highest BCUT2D eigenvalue weighted by Crippen LogP contribution is 2.23. The number of benzene rings is 1. The Hall–Kier alpha value is -1.62. The van der Waals surface area contributed by atoms with Crippen LogP contribution in [-0.2, 0) is 11.3 Å². The summed E-state index contributed by atoms with van der Waals surface area (Å²) in [7, 11) is 0. The first-order chi connectivity index (χ1) is 9.61. The molecule has 0 atom stereocenters. The van der Waals surface area contributed by atoms with Crippen molar-refractivity contribution < 1.29 is 13.9 Å².